The molecule has 1 saturated carbocycles. The summed E-state index contributed by atoms with van der Waals surface area (Å²) in [5.41, 5.74) is 0.330. The van der Waals surface area contributed by atoms with E-state index in [9.17, 15) is 14.7 Å². The van der Waals surface area contributed by atoms with Crippen LogP contribution in [-0.4, -0.2) is 28.5 Å². The van der Waals surface area contributed by atoms with Gasteiger partial charge in [-0.05, 0) is 25.0 Å². The number of para-hydroxylation sites is 1. The fourth-order valence-corrected chi connectivity index (χ4v) is 2.70. The summed E-state index contributed by atoms with van der Waals surface area (Å²) in [6.45, 7) is 0.171. The Labute approximate surface area is 122 Å². The summed E-state index contributed by atoms with van der Waals surface area (Å²) in [5, 5.41) is 12.9. The Kier molecular flexibility index (Phi) is 3.33. The largest absolute Gasteiger partial charge is 0.481 e. The van der Waals surface area contributed by atoms with Gasteiger partial charge in [0, 0.05) is 18.1 Å². The second kappa shape index (κ2) is 5.16. The van der Waals surface area contributed by atoms with Crippen molar-refractivity contribution in [2.75, 3.05) is 6.54 Å². The molecule has 1 amide bonds. The van der Waals surface area contributed by atoms with Crippen molar-refractivity contribution in [1.29, 1.82) is 0 Å². The Morgan fingerprint density at radius 1 is 1.24 bits per heavy atom. The van der Waals surface area contributed by atoms with Crippen LogP contribution in [0, 0.1) is 5.41 Å². The molecule has 0 unspecified atom stereocenters. The number of carbonyl (C=O) groups is 2. The molecule has 1 aromatic heterocycles. The van der Waals surface area contributed by atoms with Crippen molar-refractivity contribution in [1.82, 2.24) is 10.3 Å². The maximum absolute atomic E-state index is 12.3. The van der Waals surface area contributed by atoms with Crippen LogP contribution in [0.2, 0.25) is 0 Å². The molecule has 2 N–H and O–H groups in total. The Morgan fingerprint density at radius 2 is 2.00 bits per heavy atom. The Balaban J connectivity index is 1.80. The van der Waals surface area contributed by atoms with Gasteiger partial charge in [-0.2, -0.15) is 0 Å². The maximum Gasteiger partial charge on any atom is 0.311 e. The van der Waals surface area contributed by atoms with E-state index >= 15 is 0 Å². The molecule has 3 rings (SSSR count). The number of amides is 1. The van der Waals surface area contributed by atoms with E-state index in [1.54, 1.807) is 18.3 Å². The summed E-state index contributed by atoms with van der Waals surface area (Å²) in [7, 11) is 0. The van der Waals surface area contributed by atoms with Crippen LogP contribution in [0.25, 0.3) is 10.9 Å². The average Bonchev–Trinajstić information content (AvgIpc) is 2.45. The molecule has 0 bridgehead atoms. The normalized spacial score (nSPS) is 16.2. The molecule has 1 fully saturated rings. The molecule has 0 atom stereocenters. The van der Waals surface area contributed by atoms with Gasteiger partial charge in [0.25, 0.3) is 5.91 Å². The second-order valence-electron chi connectivity index (χ2n) is 5.50. The van der Waals surface area contributed by atoms with Crippen LogP contribution in [0.4, 0.5) is 0 Å². The lowest BCUT2D eigenvalue weighted by molar-refractivity contribution is -0.153. The number of fused-ring (bicyclic) bond motifs is 1. The number of hydrogen-bond donors (Lipinski definition) is 2. The molecule has 0 spiro atoms. The van der Waals surface area contributed by atoms with Crippen LogP contribution < -0.4 is 5.32 Å². The van der Waals surface area contributed by atoms with Gasteiger partial charge >= 0.3 is 5.97 Å². The molecule has 1 heterocycles. The van der Waals surface area contributed by atoms with Crippen molar-refractivity contribution in [2.45, 2.75) is 19.3 Å². The topological polar surface area (TPSA) is 79.3 Å². The number of hydrogen-bond acceptors (Lipinski definition) is 3. The van der Waals surface area contributed by atoms with Gasteiger partial charge in [-0.3, -0.25) is 14.6 Å². The number of aromatic nitrogens is 1. The van der Waals surface area contributed by atoms with Crippen LogP contribution >= 0.6 is 0 Å². The zero-order valence-corrected chi connectivity index (χ0v) is 11.5. The molecule has 1 aliphatic carbocycles. The molecule has 108 valence electrons. The number of aliphatic carboxylic acids is 1. The average molecular weight is 284 g/mol. The monoisotopic (exact) mass is 284 g/mol. The lowest BCUT2D eigenvalue weighted by Gasteiger charge is -2.37. The van der Waals surface area contributed by atoms with E-state index < -0.39 is 11.4 Å². The van der Waals surface area contributed by atoms with E-state index in [0.717, 1.165) is 11.8 Å². The molecule has 0 radical (unpaired) electrons. The predicted octanol–water partition coefficient (Wildman–Crippen LogP) is 2.22. The second-order valence-corrected chi connectivity index (χ2v) is 5.50. The molecule has 21 heavy (non-hydrogen) atoms. The highest BCUT2D eigenvalue weighted by molar-refractivity contribution is 6.05. The lowest BCUT2D eigenvalue weighted by atomic mass is 9.69. The molecule has 5 nitrogen and oxygen atoms in total. The summed E-state index contributed by atoms with van der Waals surface area (Å²) in [4.78, 5) is 27.9. The molecular weight excluding hydrogens is 268 g/mol. The van der Waals surface area contributed by atoms with Crippen molar-refractivity contribution in [3.63, 3.8) is 0 Å². The van der Waals surface area contributed by atoms with Crippen molar-refractivity contribution in [3.05, 3.63) is 42.1 Å². The Bertz CT molecular complexity index is 702. The highest BCUT2D eigenvalue weighted by Gasteiger charge is 2.44. The van der Waals surface area contributed by atoms with Gasteiger partial charge in [0.1, 0.15) is 0 Å². The first kappa shape index (κ1) is 13.5. The van der Waals surface area contributed by atoms with Crippen molar-refractivity contribution in [2.24, 2.45) is 5.41 Å². The number of nitrogens with zero attached hydrogens (tertiary/aromatic N) is 1. The van der Waals surface area contributed by atoms with E-state index in [-0.39, 0.29) is 12.5 Å². The number of nitrogens with one attached hydrogen (secondary N) is 1. The van der Waals surface area contributed by atoms with Crippen molar-refractivity contribution < 1.29 is 14.7 Å². The molecule has 5 heteroatoms. The molecule has 1 aliphatic rings. The van der Waals surface area contributed by atoms with Gasteiger partial charge in [0.15, 0.2) is 0 Å². The zero-order chi connectivity index (χ0) is 14.9. The Hall–Kier alpha value is -2.43. The number of rotatable bonds is 4. The van der Waals surface area contributed by atoms with Crippen LogP contribution in [0.1, 0.15) is 29.6 Å². The molecule has 0 saturated heterocycles. The quantitative estimate of drug-likeness (QED) is 0.902. The van der Waals surface area contributed by atoms with Gasteiger partial charge < -0.3 is 10.4 Å². The molecular formula is C16H16N2O3. The van der Waals surface area contributed by atoms with Gasteiger partial charge in [-0.15, -0.1) is 0 Å². The number of carboxylic acids is 1. The van der Waals surface area contributed by atoms with Gasteiger partial charge in [0.05, 0.1) is 16.5 Å². The zero-order valence-electron chi connectivity index (χ0n) is 11.5. The maximum atomic E-state index is 12.3. The predicted molar refractivity (Wildman–Crippen MR) is 78.0 cm³/mol. The van der Waals surface area contributed by atoms with E-state index in [1.165, 1.54) is 0 Å². The van der Waals surface area contributed by atoms with Crippen LogP contribution in [-0.2, 0) is 4.79 Å². The number of carboxylic acid groups (broad SMARTS) is 1. The minimum atomic E-state index is -0.829. The summed E-state index contributed by atoms with van der Waals surface area (Å²) < 4.78 is 0. The fraction of sp³-hybridized carbons (Fsp3) is 0.312. The summed E-state index contributed by atoms with van der Waals surface area (Å²) in [5.74, 6) is -1.10. The van der Waals surface area contributed by atoms with E-state index in [2.05, 4.69) is 10.3 Å². The highest BCUT2D eigenvalue weighted by Crippen LogP contribution is 2.40. The SMILES string of the molecule is O=C(NCC1(C(=O)O)CCC1)c1cccc2cccnc12. The Morgan fingerprint density at radius 3 is 2.67 bits per heavy atom. The summed E-state index contributed by atoms with van der Waals surface area (Å²) in [6.07, 6.45) is 3.79. The molecule has 2 aromatic rings. The smallest absolute Gasteiger partial charge is 0.311 e. The summed E-state index contributed by atoms with van der Waals surface area (Å²) in [6, 6.07) is 9.11. The number of pyridine rings is 1. The first-order chi connectivity index (χ1) is 10.1. The van der Waals surface area contributed by atoms with Crippen LogP contribution in [0.15, 0.2) is 36.5 Å². The highest BCUT2D eigenvalue weighted by atomic mass is 16.4. The number of carbonyl (C=O) groups excluding carboxylic acids is 1. The molecule has 0 aliphatic heterocycles. The third-order valence-electron chi connectivity index (χ3n) is 4.23. The third kappa shape index (κ3) is 2.35. The van der Waals surface area contributed by atoms with Crippen LogP contribution in [0.3, 0.4) is 0 Å². The van der Waals surface area contributed by atoms with E-state index in [0.29, 0.717) is 23.9 Å². The van der Waals surface area contributed by atoms with Crippen LogP contribution in [0.5, 0.6) is 0 Å². The van der Waals surface area contributed by atoms with E-state index in [4.69, 9.17) is 0 Å². The molecule has 1 aromatic carbocycles. The standard InChI is InChI=1S/C16H16N2O3/c19-14(18-10-16(15(20)21)7-3-8-16)12-6-1-4-11-5-2-9-17-13(11)12/h1-2,4-6,9H,3,7-8,10H2,(H,18,19)(H,20,21). The number of benzene rings is 1. The third-order valence-corrected chi connectivity index (χ3v) is 4.23. The van der Waals surface area contributed by atoms with E-state index in [1.807, 2.05) is 18.2 Å². The van der Waals surface area contributed by atoms with Gasteiger partial charge in [-0.25, -0.2) is 0 Å². The van der Waals surface area contributed by atoms with Crippen molar-refractivity contribution in [3.8, 4) is 0 Å². The summed E-state index contributed by atoms with van der Waals surface area (Å²) >= 11 is 0. The first-order valence-electron chi connectivity index (χ1n) is 6.98. The fourth-order valence-electron chi connectivity index (χ4n) is 2.70. The van der Waals surface area contributed by atoms with Gasteiger partial charge in [-0.1, -0.05) is 24.6 Å². The minimum Gasteiger partial charge on any atom is -0.481 e. The lowest BCUT2D eigenvalue weighted by Crippen LogP contribution is -2.47. The van der Waals surface area contributed by atoms with Gasteiger partial charge in [0.2, 0.25) is 0 Å². The van der Waals surface area contributed by atoms with Crippen molar-refractivity contribution >= 4 is 22.8 Å². The first-order valence-corrected chi connectivity index (χ1v) is 6.98. The minimum absolute atomic E-state index is 0.171.